The van der Waals surface area contributed by atoms with E-state index in [0.29, 0.717) is 0 Å². The van der Waals surface area contributed by atoms with Crippen LogP contribution in [0.25, 0.3) is 10.2 Å². The van der Waals surface area contributed by atoms with Crippen molar-refractivity contribution in [3.05, 3.63) is 33.4 Å². The van der Waals surface area contributed by atoms with Crippen LogP contribution in [-0.2, 0) is 17.7 Å². The molecule has 122 valence electrons. The molecule has 23 heavy (non-hydrogen) atoms. The quantitative estimate of drug-likeness (QED) is 0.672. The minimum atomic E-state index is 0.0359. The molecule has 0 radical (unpaired) electrons. The normalized spacial score (nSPS) is 12.7. The SMILES string of the molecule is CCc1cc2c(N(C)Cc3csc(C(C)OC)n3)ncnc2s1. The molecular weight excluding hydrogens is 328 g/mol. The zero-order valence-corrected chi connectivity index (χ0v) is 15.4. The Morgan fingerprint density at radius 1 is 1.35 bits per heavy atom. The molecule has 5 nitrogen and oxygen atoms in total. The lowest BCUT2D eigenvalue weighted by Gasteiger charge is -2.17. The molecule has 0 aliphatic heterocycles. The maximum Gasteiger partial charge on any atom is 0.140 e. The van der Waals surface area contributed by atoms with Gasteiger partial charge in [-0.25, -0.2) is 15.0 Å². The van der Waals surface area contributed by atoms with E-state index < -0.39 is 0 Å². The van der Waals surface area contributed by atoms with Crippen LogP contribution in [0.5, 0.6) is 0 Å². The fourth-order valence-corrected chi connectivity index (χ4v) is 4.14. The summed E-state index contributed by atoms with van der Waals surface area (Å²) in [6, 6.07) is 2.20. The summed E-state index contributed by atoms with van der Waals surface area (Å²) >= 11 is 3.38. The van der Waals surface area contributed by atoms with E-state index in [0.717, 1.165) is 39.7 Å². The summed E-state index contributed by atoms with van der Waals surface area (Å²) in [5.74, 6) is 0.959. The van der Waals surface area contributed by atoms with Crippen LogP contribution in [0.3, 0.4) is 0 Å². The number of rotatable bonds is 6. The predicted octanol–water partition coefficient (Wildman–Crippen LogP) is 4.05. The molecule has 0 bridgehead atoms. The highest BCUT2D eigenvalue weighted by Gasteiger charge is 2.14. The average Bonchev–Trinajstić information content (AvgIpc) is 3.19. The van der Waals surface area contributed by atoms with E-state index in [9.17, 15) is 0 Å². The topological polar surface area (TPSA) is 51.1 Å². The first-order valence-corrected chi connectivity index (χ1v) is 9.23. The fraction of sp³-hybridized carbons (Fsp3) is 0.438. The third-order valence-corrected chi connectivity index (χ3v) is 5.98. The summed E-state index contributed by atoms with van der Waals surface area (Å²) in [4.78, 5) is 18.0. The van der Waals surface area contributed by atoms with Crippen LogP contribution >= 0.6 is 22.7 Å². The van der Waals surface area contributed by atoms with E-state index in [1.54, 1.807) is 36.1 Å². The summed E-state index contributed by atoms with van der Waals surface area (Å²) < 4.78 is 5.33. The van der Waals surface area contributed by atoms with Crippen LogP contribution < -0.4 is 4.90 Å². The number of nitrogens with zero attached hydrogens (tertiary/aromatic N) is 4. The van der Waals surface area contributed by atoms with Gasteiger partial charge in [0.2, 0.25) is 0 Å². The van der Waals surface area contributed by atoms with E-state index in [1.807, 2.05) is 14.0 Å². The number of aryl methyl sites for hydroxylation is 1. The molecule has 0 N–H and O–H groups in total. The van der Waals surface area contributed by atoms with Gasteiger partial charge in [0.1, 0.15) is 28.1 Å². The van der Waals surface area contributed by atoms with Crippen molar-refractivity contribution in [1.82, 2.24) is 15.0 Å². The molecule has 7 heteroatoms. The first kappa shape index (κ1) is 16.3. The summed E-state index contributed by atoms with van der Waals surface area (Å²) in [6.07, 6.45) is 2.70. The van der Waals surface area contributed by atoms with Gasteiger partial charge in [-0.05, 0) is 19.4 Å². The van der Waals surface area contributed by atoms with Crippen LogP contribution in [0.4, 0.5) is 5.82 Å². The van der Waals surface area contributed by atoms with Crippen molar-refractivity contribution in [2.24, 2.45) is 0 Å². The van der Waals surface area contributed by atoms with Crippen molar-refractivity contribution in [1.29, 1.82) is 0 Å². The third-order valence-electron chi connectivity index (χ3n) is 3.74. The van der Waals surface area contributed by atoms with Crippen molar-refractivity contribution in [2.75, 3.05) is 19.1 Å². The molecule has 0 spiro atoms. The second-order valence-corrected chi connectivity index (χ2v) is 7.40. The lowest BCUT2D eigenvalue weighted by Crippen LogP contribution is -2.18. The Labute approximate surface area is 144 Å². The van der Waals surface area contributed by atoms with E-state index >= 15 is 0 Å². The Bertz CT molecular complexity index is 798. The predicted molar refractivity (Wildman–Crippen MR) is 96.4 cm³/mol. The van der Waals surface area contributed by atoms with Gasteiger partial charge in [0, 0.05) is 24.4 Å². The van der Waals surface area contributed by atoms with Gasteiger partial charge in [-0.15, -0.1) is 22.7 Å². The molecule has 1 atom stereocenters. The van der Waals surface area contributed by atoms with E-state index in [4.69, 9.17) is 4.74 Å². The second kappa shape index (κ2) is 6.90. The maximum absolute atomic E-state index is 5.33. The first-order chi connectivity index (χ1) is 11.1. The summed E-state index contributed by atoms with van der Waals surface area (Å²) in [6.45, 7) is 4.89. The summed E-state index contributed by atoms with van der Waals surface area (Å²) in [5.41, 5.74) is 1.04. The Morgan fingerprint density at radius 3 is 2.91 bits per heavy atom. The number of aromatic nitrogens is 3. The van der Waals surface area contributed by atoms with Gasteiger partial charge in [-0.1, -0.05) is 6.92 Å². The van der Waals surface area contributed by atoms with Crippen LogP contribution in [0, 0.1) is 0 Å². The Hall–Kier alpha value is -1.57. The van der Waals surface area contributed by atoms with Crippen molar-refractivity contribution in [2.45, 2.75) is 32.9 Å². The maximum atomic E-state index is 5.33. The lowest BCUT2D eigenvalue weighted by atomic mass is 10.3. The molecule has 1 unspecified atom stereocenters. The average molecular weight is 348 g/mol. The zero-order valence-electron chi connectivity index (χ0n) is 13.7. The largest absolute Gasteiger partial charge is 0.375 e. The minimum absolute atomic E-state index is 0.0359. The van der Waals surface area contributed by atoms with Gasteiger partial charge in [0.15, 0.2) is 0 Å². The number of methoxy groups -OCH3 is 1. The number of hydrogen-bond acceptors (Lipinski definition) is 7. The number of hydrogen-bond donors (Lipinski definition) is 0. The monoisotopic (exact) mass is 348 g/mol. The molecule has 0 saturated heterocycles. The van der Waals surface area contributed by atoms with Crippen molar-refractivity contribution >= 4 is 38.7 Å². The number of fused-ring (bicyclic) bond motifs is 1. The number of ether oxygens (including phenoxy) is 1. The lowest BCUT2D eigenvalue weighted by molar-refractivity contribution is 0.119. The van der Waals surface area contributed by atoms with Crippen molar-refractivity contribution < 1.29 is 4.74 Å². The highest BCUT2D eigenvalue weighted by atomic mass is 32.1. The Morgan fingerprint density at radius 2 is 2.17 bits per heavy atom. The van der Waals surface area contributed by atoms with Crippen molar-refractivity contribution in [3.63, 3.8) is 0 Å². The third kappa shape index (κ3) is 3.36. The highest BCUT2D eigenvalue weighted by Crippen LogP contribution is 2.31. The molecule has 0 saturated carbocycles. The fourth-order valence-electron chi connectivity index (χ4n) is 2.37. The van der Waals surface area contributed by atoms with Crippen molar-refractivity contribution in [3.8, 4) is 0 Å². The number of thiophene rings is 1. The van der Waals surface area contributed by atoms with Gasteiger partial charge in [0.05, 0.1) is 17.6 Å². The van der Waals surface area contributed by atoms with E-state index in [2.05, 4.69) is 38.2 Å². The summed E-state index contributed by atoms with van der Waals surface area (Å²) in [7, 11) is 3.75. The first-order valence-electron chi connectivity index (χ1n) is 7.54. The van der Waals surface area contributed by atoms with E-state index in [1.165, 1.54) is 4.88 Å². The molecule has 3 heterocycles. The van der Waals surface area contributed by atoms with Gasteiger partial charge in [-0.2, -0.15) is 0 Å². The van der Waals surface area contributed by atoms with E-state index in [-0.39, 0.29) is 6.10 Å². The molecule has 0 aliphatic rings. The molecule has 0 fully saturated rings. The Balaban J connectivity index is 1.84. The summed E-state index contributed by atoms with van der Waals surface area (Å²) in [5, 5.41) is 4.22. The smallest absolute Gasteiger partial charge is 0.140 e. The Kier molecular flexibility index (Phi) is 4.89. The molecule has 0 aromatic carbocycles. The molecular formula is C16H20N4OS2. The molecule has 3 aromatic rings. The van der Waals surface area contributed by atoms with Gasteiger partial charge in [0.25, 0.3) is 0 Å². The number of thiazole rings is 1. The zero-order chi connectivity index (χ0) is 16.4. The molecule has 0 aliphatic carbocycles. The molecule has 0 amide bonds. The van der Waals surface area contributed by atoms with Crippen LogP contribution in [-0.4, -0.2) is 29.1 Å². The second-order valence-electron chi connectivity index (χ2n) is 5.39. The van der Waals surface area contributed by atoms with Gasteiger partial charge >= 0.3 is 0 Å². The standard InChI is InChI=1S/C16H20N4OS2/c1-5-12-6-13-14(17-9-18-16(13)23-12)20(3)7-11-8-22-15(19-11)10(2)21-4/h6,8-10H,5,7H2,1-4H3. The number of anilines is 1. The highest BCUT2D eigenvalue weighted by molar-refractivity contribution is 7.18. The minimum Gasteiger partial charge on any atom is -0.375 e. The van der Waals surface area contributed by atoms with Gasteiger partial charge in [-0.3, -0.25) is 0 Å². The van der Waals surface area contributed by atoms with Crippen LogP contribution in [0.1, 0.15) is 35.5 Å². The van der Waals surface area contributed by atoms with Gasteiger partial charge < -0.3 is 9.64 Å². The molecule has 3 aromatic heterocycles. The van der Waals surface area contributed by atoms with Crippen LogP contribution in [0.2, 0.25) is 0 Å². The molecule has 3 rings (SSSR count). The van der Waals surface area contributed by atoms with Crippen LogP contribution in [0.15, 0.2) is 17.8 Å².